The molecule has 2 N–H and O–H groups in total. The van der Waals surface area contributed by atoms with Gasteiger partial charge in [0.15, 0.2) is 6.61 Å². The molecule has 28 heavy (non-hydrogen) atoms. The van der Waals surface area contributed by atoms with Gasteiger partial charge in [0.2, 0.25) is 0 Å². The zero-order valence-electron chi connectivity index (χ0n) is 15.0. The average molecular weight is 404 g/mol. The first-order valence-corrected chi connectivity index (χ1v) is 9.43. The number of aromatic nitrogens is 1. The van der Waals surface area contributed by atoms with Gasteiger partial charge in [-0.1, -0.05) is 17.7 Å². The van der Waals surface area contributed by atoms with Crippen molar-refractivity contribution >= 4 is 23.4 Å². The molecule has 5 rings (SSSR count). The van der Waals surface area contributed by atoms with E-state index < -0.39 is 5.82 Å². The highest BCUT2D eigenvalue weighted by Gasteiger charge is 2.57. The normalized spacial score (nSPS) is 24.9. The van der Waals surface area contributed by atoms with Crippen LogP contribution in [0.5, 0.6) is 5.75 Å². The third-order valence-corrected chi connectivity index (χ3v) is 5.68. The number of rotatable bonds is 6. The predicted octanol–water partition coefficient (Wildman–Crippen LogP) is 2.72. The topological polar surface area (TPSA) is 80.3 Å². The van der Waals surface area contributed by atoms with E-state index in [2.05, 4.69) is 15.6 Å². The molecule has 6 nitrogen and oxygen atoms in total. The van der Waals surface area contributed by atoms with Crippen LogP contribution >= 0.6 is 11.6 Å². The Labute approximate surface area is 166 Å². The molecule has 0 radical (unpaired) electrons. The molecule has 0 saturated heterocycles. The van der Waals surface area contributed by atoms with Crippen LogP contribution in [0.15, 0.2) is 42.6 Å². The zero-order chi connectivity index (χ0) is 19.7. The lowest BCUT2D eigenvalue weighted by molar-refractivity contribution is -0.124. The van der Waals surface area contributed by atoms with E-state index >= 15 is 0 Å². The van der Waals surface area contributed by atoms with Crippen LogP contribution in [0.25, 0.3) is 0 Å². The largest absolute Gasteiger partial charge is 0.484 e. The molecule has 0 spiro atoms. The lowest BCUT2D eigenvalue weighted by Gasteiger charge is -2.39. The van der Waals surface area contributed by atoms with Gasteiger partial charge in [-0.25, -0.2) is 4.39 Å². The van der Waals surface area contributed by atoms with E-state index in [1.54, 1.807) is 24.4 Å². The van der Waals surface area contributed by atoms with Crippen molar-refractivity contribution in [3.8, 4) is 5.75 Å². The number of carbonyl (C=O) groups excluding carboxylic acids is 2. The summed E-state index contributed by atoms with van der Waals surface area (Å²) in [6, 6.07) is 9.22. The summed E-state index contributed by atoms with van der Waals surface area (Å²) in [6.07, 6.45) is 3.93. The SMILES string of the molecule is O=C(COc1ccc(Cl)c(F)c1)NC1CC2(NC(=O)c3ccccn3)CC1C2. The monoisotopic (exact) mass is 403 g/mol. The summed E-state index contributed by atoms with van der Waals surface area (Å²) in [5, 5.41) is 6.03. The molecule has 3 saturated carbocycles. The van der Waals surface area contributed by atoms with Crippen LogP contribution in [-0.2, 0) is 4.79 Å². The first-order chi connectivity index (χ1) is 13.4. The summed E-state index contributed by atoms with van der Waals surface area (Å²) < 4.78 is 18.7. The van der Waals surface area contributed by atoms with Crippen LogP contribution < -0.4 is 15.4 Å². The van der Waals surface area contributed by atoms with Gasteiger partial charge in [-0.2, -0.15) is 0 Å². The first-order valence-electron chi connectivity index (χ1n) is 9.05. The van der Waals surface area contributed by atoms with Crippen molar-refractivity contribution in [2.24, 2.45) is 5.92 Å². The first kappa shape index (κ1) is 18.7. The number of carbonyl (C=O) groups is 2. The molecular weight excluding hydrogens is 385 g/mol. The van der Waals surface area contributed by atoms with Gasteiger partial charge in [0, 0.05) is 23.8 Å². The number of hydrogen-bond donors (Lipinski definition) is 2. The maximum Gasteiger partial charge on any atom is 0.270 e. The Bertz CT molecular complexity index is 903. The van der Waals surface area contributed by atoms with Crippen molar-refractivity contribution < 1.29 is 18.7 Å². The summed E-state index contributed by atoms with van der Waals surface area (Å²) in [5.41, 5.74) is 0.105. The Kier molecular flexibility index (Phi) is 4.93. The smallest absolute Gasteiger partial charge is 0.270 e. The van der Waals surface area contributed by atoms with E-state index in [-0.39, 0.29) is 40.8 Å². The minimum absolute atomic E-state index is 0.000537. The number of nitrogens with one attached hydrogen (secondary N) is 2. The number of ether oxygens (including phenoxy) is 1. The Morgan fingerprint density at radius 2 is 2.07 bits per heavy atom. The minimum Gasteiger partial charge on any atom is -0.484 e. The maximum absolute atomic E-state index is 13.4. The lowest BCUT2D eigenvalue weighted by atomic mass is 9.76. The Morgan fingerprint density at radius 3 is 2.79 bits per heavy atom. The second-order valence-electron chi connectivity index (χ2n) is 7.36. The molecule has 0 aliphatic heterocycles. The summed E-state index contributed by atoms with van der Waals surface area (Å²) in [5.74, 6) is -0.493. The quantitative estimate of drug-likeness (QED) is 0.777. The van der Waals surface area contributed by atoms with Crippen LogP contribution in [0, 0.1) is 11.7 Å². The second-order valence-corrected chi connectivity index (χ2v) is 7.77. The number of benzene rings is 1. The fourth-order valence-electron chi connectivity index (χ4n) is 4.07. The van der Waals surface area contributed by atoms with Crippen LogP contribution in [0.1, 0.15) is 29.8 Å². The lowest BCUT2D eigenvalue weighted by Crippen LogP contribution is -2.52. The molecule has 2 bridgehead atoms. The Morgan fingerprint density at radius 1 is 1.25 bits per heavy atom. The predicted molar refractivity (Wildman–Crippen MR) is 101 cm³/mol. The van der Waals surface area contributed by atoms with Crippen molar-refractivity contribution in [3.63, 3.8) is 0 Å². The minimum atomic E-state index is -0.596. The van der Waals surface area contributed by atoms with Gasteiger partial charge in [-0.15, -0.1) is 0 Å². The molecule has 2 aromatic rings. The van der Waals surface area contributed by atoms with Crippen LogP contribution in [0.3, 0.4) is 0 Å². The summed E-state index contributed by atoms with van der Waals surface area (Å²) >= 11 is 5.62. The van der Waals surface area contributed by atoms with Crippen LogP contribution in [0.4, 0.5) is 4.39 Å². The van der Waals surface area contributed by atoms with E-state index in [4.69, 9.17) is 16.3 Å². The molecule has 3 fully saturated rings. The molecule has 3 aliphatic carbocycles. The van der Waals surface area contributed by atoms with E-state index in [1.807, 2.05) is 0 Å². The average Bonchev–Trinajstić information content (AvgIpc) is 3.17. The number of nitrogens with zero attached hydrogens (tertiary/aromatic N) is 1. The van der Waals surface area contributed by atoms with Gasteiger partial charge in [0.05, 0.1) is 5.02 Å². The van der Waals surface area contributed by atoms with Crippen molar-refractivity contribution in [1.82, 2.24) is 15.6 Å². The van der Waals surface area contributed by atoms with E-state index in [9.17, 15) is 14.0 Å². The molecule has 1 atom stereocenters. The van der Waals surface area contributed by atoms with Crippen LogP contribution in [-0.4, -0.2) is 35.0 Å². The van der Waals surface area contributed by atoms with Crippen molar-refractivity contribution in [1.29, 1.82) is 0 Å². The summed E-state index contributed by atoms with van der Waals surface area (Å²) in [7, 11) is 0. The molecule has 1 unspecified atom stereocenters. The number of amides is 2. The van der Waals surface area contributed by atoms with Crippen molar-refractivity contribution in [2.75, 3.05) is 6.61 Å². The van der Waals surface area contributed by atoms with E-state index in [0.717, 1.165) is 18.9 Å². The standard InChI is InChI=1S/C20H19ClFN3O3/c21-14-5-4-13(7-15(14)22)28-11-18(26)24-17-10-20(8-12(17)9-20)25-19(27)16-3-1-2-6-23-16/h1-7,12,17H,8-11H2,(H,24,26)(H,25,27). The molecular formula is C20H19ClFN3O3. The van der Waals surface area contributed by atoms with Gasteiger partial charge in [-0.05, 0) is 49.4 Å². The molecule has 1 aromatic carbocycles. The van der Waals surface area contributed by atoms with Gasteiger partial charge < -0.3 is 15.4 Å². The van der Waals surface area contributed by atoms with Crippen LogP contribution in [0.2, 0.25) is 5.02 Å². The molecule has 2 amide bonds. The Hall–Kier alpha value is -2.67. The van der Waals surface area contributed by atoms with Crippen molar-refractivity contribution in [3.05, 3.63) is 59.1 Å². The van der Waals surface area contributed by atoms with Gasteiger partial charge >= 0.3 is 0 Å². The third kappa shape index (κ3) is 3.80. The fraction of sp³-hybridized carbons (Fsp3) is 0.350. The summed E-state index contributed by atoms with van der Waals surface area (Å²) in [4.78, 5) is 28.6. The highest BCUT2D eigenvalue weighted by atomic mass is 35.5. The third-order valence-electron chi connectivity index (χ3n) is 5.37. The number of hydrogen-bond acceptors (Lipinski definition) is 4. The Balaban J connectivity index is 1.27. The number of pyridine rings is 1. The zero-order valence-corrected chi connectivity index (χ0v) is 15.7. The maximum atomic E-state index is 13.4. The van der Waals surface area contributed by atoms with Gasteiger partial charge in [0.25, 0.3) is 11.8 Å². The van der Waals surface area contributed by atoms with E-state index in [1.165, 1.54) is 12.1 Å². The fourth-order valence-corrected chi connectivity index (χ4v) is 4.19. The highest BCUT2D eigenvalue weighted by molar-refractivity contribution is 6.30. The number of fused-ring (bicyclic) bond motifs is 1. The summed E-state index contributed by atoms with van der Waals surface area (Å²) in [6.45, 7) is -0.211. The molecule has 146 valence electrons. The van der Waals surface area contributed by atoms with E-state index in [0.29, 0.717) is 18.0 Å². The molecule has 1 aromatic heterocycles. The second kappa shape index (κ2) is 7.39. The van der Waals surface area contributed by atoms with Gasteiger partial charge in [-0.3, -0.25) is 14.6 Å². The molecule has 3 aliphatic rings. The van der Waals surface area contributed by atoms with Gasteiger partial charge in [0.1, 0.15) is 17.3 Å². The number of halogens is 2. The highest BCUT2D eigenvalue weighted by Crippen LogP contribution is 2.52. The molecule has 1 heterocycles. The molecule has 8 heteroatoms. The van der Waals surface area contributed by atoms with Crippen molar-refractivity contribution in [2.45, 2.75) is 30.8 Å².